The van der Waals surface area contributed by atoms with Crippen LogP contribution in [0.5, 0.6) is 0 Å². The fourth-order valence-corrected chi connectivity index (χ4v) is 4.20. The Hall–Kier alpha value is -2.33. The fraction of sp³-hybridized carbons (Fsp3) is 0.556. The van der Waals surface area contributed by atoms with Crippen LogP contribution in [-0.4, -0.2) is 70.6 Å². The second kappa shape index (κ2) is 7.96. The topological polar surface area (TPSA) is 110 Å². The number of aryl methyl sites for hydroxylation is 1. The zero-order valence-corrected chi connectivity index (χ0v) is 17.3. The quantitative estimate of drug-likeness (QED) is 0.679. The lowest BCUT2D eigenvalue weighted by Gasteiger charge is -2.44. The Labute approximate surface area is 164 Å². The van der Waals surface area contributed by atoms with Crippen LogP contribution in [0.2, 0.25) is 0 Å². The SMILES string of the molecule is Cc1cc(C(=O)N2CC(N(CCc3noc(C(C)C)n3)S(C)(=O)=O)C2)ccn1. The molecule has 0 radical (unpaired) electrons. The second-order valence-corrected chi connectivity index (χ2v) is 9.31. The highest BCUT2D eigenvalue weighted by atomic mass is 32.2. The van der Waals surface area contributed by atoms with Gasteiger partial charge in [-0.2, -0.15) is 9.29 Å². The zero-order valence-electron chi connectivity index (χ0n) is 16.5. The monoisotopic (exact) mass is 407 g/mol. The zero-order chi connectivity index (χ0) is 20.5. The number of hydrogen-bond donors (Lipinski definition) is 0. The summed E-state index contributed by atoms with van der Waals surface area (Å²) in [7, 11) is -3.43. The third-order valence-corrected chi connectivity index (χ3v) is 5.99. The number of carbonyl (C=O) groups excluding carboxylic acids is 1. The molecule has 0 N–H and O–H groups in total. The smallest absolute Gasteiger partial charge is 0.254 e. The summed E-state index contributed by atoms with van der Waals surface area (Å²) < 4.78 is 31.1. The van der Waals surface area contributed by atoms with E-state index in [2.05, 4.69) is 15.1 Å². The maximum Gasteiger partial charge on any atom is 0.254 e. The van der Waals surface area contributed by atoms with Crippen molar-refractivity contribution in [2.75, 3.05) is 25.9 Å². The summed E-state index contributed by atoms with van der Waals surface area (Å²) in [6, 6.07) is 3.14. The first-order valence-corrected chi connectivity index (χ1v) is 11.0. The number of rotatable bonds is 7. The maximum absolute atomic E-state index is 12.5. The van der Waals surface area contributed by atoms with Crippen LogP contribution < -0.4 is 0 Å². The number of nitrogens with zero attached hydrogens (tertiary/aromatic N) is 5. The van der Waals surface area contributed by atoms with Crippen molar-refractivity contribution in [3.8, 4) is 0 Å². The molecule has 1 aliphatic rings. The van der Waals surface area contributed by atoms with Gasteiger partial charge in [-0.25, -0.2) is 8.42 Å². The Kier molecular flexibility index (Phi) is 5.80. The lowest BCUT2D eigenvalue weighted by atomic mass is 10.1. The first-order chi connectivity index (χ1) is 13.1. The Morgan fingerprint density at radius 2 is 2.11 bits per heavy atom. The number of carbonyl (C=O) groups is 1. The minimum Gasteiger partial charge on any atom is -0.339 e. The average Bonchev–Trinajstić information content (AvgIpc) is 3.04. The number of likely N-dealkylation sites (tertiary alicyclic amines) is 1. The maximum atomic E-state index is 12.5. The molecule has 10 heteroatoms. The first kappa shape index (κ1) is 20.4. The van der Waals surface area contributed by atoms with E-state index in [1.165, 1.54) is 10.6 Å². The molecule has 28 heavy (non-hydrogen) atoms. The molecule has 0 aliphatic carbocycles. The molecule has 0 unspecified atom stereocenters. The molecule has 152 valence electrons. The van der Waals surface area contributed by atoms with Crippen molar-refractivity contribution in [2.24, 2.45) is 0 Å². The highest BCUT2D eigenvalue weighted by molar-refractivity contribution is 7.88. The van der Waals surface area contributed by atoms with Gasteiger partial charge < -0.3 is 9.42 Å². The Morgan fingerprint density at radius 3 is 2.68 bits per heavy atom. The molecule has 1 aliphatic heterocycles. The average molecular weight is 407 g/mol. The predicted molar refractivity (Wildman–Crippen MR) is 102 cm³/mol. The molecule has 2 aromatic rings. The van der Waals surface area contributed by atoms with Crippen molar-refractivity contribution in [3.63, 3.8) is 0 Å². The summed E-state index contributed by atoms with van der Waals surface area (Å²) in [6.07, 6.45) is 3.13. The van der Waals surface area contributed by atoms with Crippen LogP contribution in [0.15, 0.2) is 22.9 Å². The Morgan fingerprint density at radius 1 is 1.39 bits per heavy atom. The summed E-state index contributed by atoms with van der Waals surface area (Å²) in [5, 5.41) is 3.91. The van der Waals surface area contributed by atoms with Gasteiger partial charge in [0.25, 0.3) is 5.91 Å². The van der Waals surface area contributed by atoms with Crippen molar-refractivity contribution >= 4 is 15.9 Å². The third kappa shape index (κ3) is 4.56. The molecule has 0 spiro atoms. The van der Waals surface area contributed by atoms with Gasteiger partial charge in [-0.05, 0) is 19.1 Å². The van der Waals surface area contributed by atoms with Crippen LogP contribution in [0.1, 0.15) is 47.5 Å². The number of sulfonamides is 1. The lowest BCUT2D eigenvalue weighted by Crippen LogP contribution is -2.62. The van der Waals surface area contributed by atoms with Crippen molar-refractivity contribution in [1.82, 2.24) is 24.3 Å². The molecule has 3 heterocycles. The number of pyridine rings is 1. The van der Waals surface area contributed by atoms with Crippen LogP contribution in [0.4, 0.5) is 0 Å². The molecular formula is C18H25N5O4S. The fourth-order valence-electron chi connectivity index (χ4n) is 3.10. The van der Waals surface area contributed by atoms with Gasteiger partial charge in [0.15, 0.2) is 5.82 Å². The van der Waals surface area contributed by atoms with Crippen LogP contribution in [0.3, 0.4) is 0 Å². The molecule has 1 fully saturated rings. The van der Waals surface area contributed by atoms with Crippen LogP contribution in [0, 0.1) is 6.92 Å². The molecule has 2 aromatic heterocycles. The molecule has 1 amide bonds. The van der Waals surface area contributed by atoms with Gasteiger partial charge in [-0.15, -0.1) is 0 Å². The molecule has 1 saturated heterocycles. The summed E-state index contributed by atoms with van der Waals surface area (Å²) in [6.45, 7) is 6.68. The van der Waals surface area contributed by atoms with Gasteiger partial charge in [0.1, 0.15) is 0 Å². The largest absolute Gasteiger partial charge is 0.339 e. The van der Waals surface area contributed by atoms with E-state index in [0.717, 1.165) is 5.69 Å². The number of aromatic nitrogens is 3. The summed E-state index contributed by atoms with van der Waals surface area (Å²) >= 11 is 0. The van der Waals surface area contributed by atoms with Crippen LogP contribution in [-0.2, 0) is 16.4 Å². The Bertz CT molecular complexity index is 950. The van der Waals surface area contributed by atoms with Gasteiger partial charge in [-0.1, -0.05) is 19.0 Å². The van der Waals surface area contributed by atoms with Crippen molar-refractivity contribution in [1.29, 1.82) is 0 Å². The molecule has 0 atom stereocenters. The minimum atomic E-state index is -3.43. The van der Waals surface area contributed by atoms with Gasteiger partial charge in [0.2, 0.25) is 15.9 Å². The van der Waals surface area contributed by atoms with E-state index in [4.69, 9.17) is 4.52 Å². The first-order valence-electron chi connectivity index (χ1n) is 9.16. The molecular weight excluding hydrogens is 382 g/mol. The van der Waals surface area contributed by atoms with E-state index in [0.29, 0.717) is 36.8 Å². The molecule has 9 nitrogen and oxygen atoms in total. The number of amides is 1. The Balaban J connectivity index is 1.61. The standard InChI is InChI=1S/C18H25N5O4S/c1-12(2)17-20-16(21-27-17)6-8-23(28(4,25)26)15-10-22(11-15)18(24)14-5-7-19-13(3)9-14/h5,7,9,12,15H,6,8,10-11H2,1-4H3. The molecule has 3 rings (SSSR count). The summed E-state index contributed by atoms with van der Waals surface area (Å²) in [5.74, 6) is 1.02. The van der Waals surface area contributed by atoms with Crippen molar-refractivity contribution in [2.45, 2.75) is 39.2 Å². The van der Waals surface area contributed by atoms with Crippen molar-refractivity contribution in [3.05, 3.63) is 41.3 Å². The van der Waals surface area contributed by atoms with E-state index in [1.54, 1.807) is 23.2 Å². The lowest BCUT2D eigenvalue weighted by molar-refractivity contribution is 0.0454. The van der Waals surface area contributed by atoms with Gasteiger partial charge in [0, 0.05) is 49.4 Å². The van der Waals surface area contributed by atoms with Crippen molar-refractivity contribution < 1.29 is 17.7 Å². The third-order valence-electron chi connectivity index (χ3n) is 4.66. The minimum absolute atomic E-state index is 0.116. The van der Waals surface area contributed by atoms with Crippen LogP contribution in [0.25, 0.3) is 0 Å². The van der Waals surface area contributed by atoms with E-state index < -0.39 is 10.0 Å². The second-order valence-electron chi connectivity index (χ2n) is 7.38. The highest BCUT2D eigenvalue weighted by Crippen LogP contribution is 2.21. The number of hydrogen-bond acceptors (Lipinski definition) is 7. The highest BCUT2D eigenvalue weighted by Gasteiger charge is 2.39. The van der Waals surface area contributed by atoms with E-state index >= 15 is 0 Å². The normalized spacial score (nSPS) is 15.3. The molecule has 0 aromatic carbocycles. The summed E-state index contributed by atoms with van der Waals surface area (Å²) in [5.41, 5.74) is 1.33. The van der Waals surface area contributed by atoms with E-state index in [9.17, 15) is 13.2 Å². The van der Waals surface area contributed by atoms with Gasteiger partial charge >= 0.3 is 0 Å². The van der Waals surface area contributed by atoms with E-state index in [-0.39, 0.29) is 24.4 Å². The van der Waals surface area contributed by atoms with E-state index in [1.807, 2.05) is 20.8 Å². The molecule has 0 saturated carbocycles. The van der Waals surface area contributed by atoms with Crippen LogP contribution >= 0.6 is 0 Å². The van der Waals surface area contributed by atoms with Gasteiger partial charge in [-0.3, -0.25) is 9.78 Å². The predicted octanol–water partition coefficient (Wildman–Crippen LogP) is 1.23. The summed E-state index contributed by atoms with van der Waals surface area (Å²) in [4.78, 5) is 22.6. The van der Waals surface area contributed by atoms with Gasteiger partial charge in [0.05, 0.1) is 12.3 Å². The molecule has 0 bridgehead atoms.